The molecule has 0 fully saturated rings. The zero-order valence-corrected chi connectivity index (χ0v) is 22.1. The van der Waals surface area contributed by atoms with Gasteiger partial charge in [-0.2, -0.15) is 0 Å². The van der Waals surface area contributed by atoms with Crippen LogP contribution < -0.4 is 5.32 Å². The van der Waals surface area contributed by atoms with Crippen LogP contribution in [0.5, 0.6) is 0 Å². The predicted molar refractivity (Wildman–Crippen MR) is 154 cm³/mol. The molecule has 0 spiro atoms. The second kappa shape index (κ2) is 13.3. The number of nitrogens with one attached hydrogen (secondary N) is 1. The number of rotatable bonds is 12. The number of amides is 1. The first-order valence-corrected chi connectivity index (χ1v) is 13.2. The number of aliphatic carboxylic acids is 1. The van der Waals surface area contributed by atoms with Gasteiger partial charge >= 0.3 is 5.97 Å². The molecule has 39 heavy (non-hydrogen) atoms. The van der Waals surface area contributed by atoms with Crippen molar-refractivity contribution in [2.24, 2.45) is 5.92 Å². The van der Waals surface area contributed by atoms with Gasteiger partial charge in [0.1, 0.15) is 0 Å². The minimum absolute atomic E-state index is 0.0926. The van der Waals surface area contributed by atoms with Crippen LogP contribution in [-0.4, -0.2) is 29.3 Å². The molecule has 4 rings (SSSR count). The van der Waals surface area contributed by atoms with Gasteiger partial charge in [0.25, 0.3) is 5.91 Å². The summed E-state index contributed by atoms with van der Waals surface area (Å²) in [7, 11) is 0. The second-order valence-electron chi connectivity index (χ2n) is 9.79. The summed E-state index contributed by atoms with van der Waals surface area (Å²) in [5.41, 5.74) is 6.19. The summed E-state index contributed by atoms with van der Waals surface area (Å²) in [6.07, 6.45) is 1.28. The van der Waals surface area contributed by atoms with E-state index in [2.05, 4.69) is 5.32 Å². The molecule has 1 atom stereocenters. The molecule has 0 aliphatic rings. The van der Waals surface area contributed by atoms with Gasteiger partial charge < -0.3 is 10.4 Å². The summed E-state index contributed by atoms with van der Waals surface area (Å²) in [6.45, 7) is 2.54. The number of carboxylic acid groups (broad SMARTS) is 1. The van der Waals surface area contributed by atoms with Gasteiger partial charge in [-0.3, -0.25) is 14.4 Å². The molecule has 5 nitrogen and oxygen atoms in total. The third-order valence-electron chi connectivity index (χ3n) is 6.94. The van der Waals surface area contributed by atoms with E-state index in [1.807, 2.05) is 85.8 Å². The van der Waals surface area contributed by atoms with Crippen LogP contribution in [0, 0.1) is 12.8 Å². The topological polar surface area (TPSA) is 83.5 Å². The number of carbonyl (C=O) groups is 3. The highest BCUT2D eigenvalue weighted by Gasteiger charge is 2.23. The van der Waals surface area contributed by atoms with Gasteiger partial charge in [0.2, 0.25) is 0 Å². The van der Waals surface area contributed by atoms with E-state index in [9.17, 15) is 19.5 Å². The fourth-order valence-electron chi connectivity index (χ4n) is 4.60. The molecule has 0 bridgehead atoms. The molecule has 0 aromatic heterocycles. The van der Waals surface area contributed by atoms with Gasteiger partial charge in [-0.1, -0.05) is 103 Å². The van der Waals surface area contributed by atoms with Gasteiger partial charge in [-0.15, -0.1) is 0 Å². The average molecular weight is 520 g/mol. The summed E-state index contributed by atoms with van der Waals surface area (Å²) >= 11 is 0. The molecule has 4 aromatic carbocycles. The van der Waals surface area contributed by atoms with Crippen molar-refractivity contribution < 1.29 is 19.5 Å². The Morgan fingerprint density at radius 2 is 1.36 bits per heavy atom. The molecule has 1 amide bonds. The fraction of sp³-hybridized carbons (Fsp3) is 0.206. The summed E-state index contributed by atoms with van der Waals surface area (Å²) in [4.78, 5) is 37.8. The highest BCUT2D eigenvalue weighted by molar-refractivity contribution is 5.98. The number of benzene rings is 4. The molecule has 0 heterocycles. The Morgan fingerprint density at radius 1 is 0.744 bits per heavy atom. The second-order valence-corrected chi connectivity index (χ2v) is 9.79. The maximum Gasteiger partial charge on any atom is 0.306 e. The average Bonchev–Trinajstić information content (AvgIpc) is 2.96. The van der Waals surface area contributed by atoms with Crippen LogP contribution in [0.25, 0.3) is 11.1 Å². The molecule has 5 heteroatoms. The molecule has 0 aliphatic heterocycles. The normalized spacial score (nSPS) is 11.5. The molecular weight excluding hydrogens is 486 g/mol. The van der Waals surface area contributed by atoms with Crippen molar-refractivity contribution in [3.63, 3.8) is 0 Å². The zero-order chi connectivity index (χ0) is 27.6. The fourth-order valence-corrected chi connectivity index (χ4v) is 4.60. The van der Waals surface area contributed by atoms with Gasteiger partial charge in [0.15, 0.2) is 5.78 Å². The van der Waals surface area contributed by atoms with Crippen LogP contribution in [0.15, 0.2) is 103 Å². The minimum Gasteiger partial charge on any atom is -0.481 e. The van der Waals surface area contributed by atoms with E-state index in [1.54, 1.807) is 24.3 Å². The highest BCUT2D eigenvalue weighted by Crippen LogP contribution is 2.23. The monoisotopic (exact) mass is 519 g/mol. The lowest BCUT2D eigenvalue weighted by Gasteiger charge is -2.14. The number of ketones is 1. The number of Topliss-reactive ketones (excluding diaryl/α,β-unsaturated/α-hetero) is 1. The number of carbonyl (C=O) groups excluding carboxylic acids is 2. The summed E-state index contributed by atoms with van der Waals surface area (Å²) in [6, 6.07) is 32.6. The van der Waals surface area contributed by atoms with E-state index in [-0.39, 0.29) is 24.5 Å². The molecule has 198 valence electrons. The van der Waals surface area contributed by atoms with Gasteiger partial charge in [0, 0.05) is 24.1 Å². The Balaban J connectivity index is 1.35. The van der Waals surface area contributed by atoms with Gasteiger partial charge in [-0.05, 0) is 54.5 Å². The van der Waals surface area contributed by atoms with Crippen LogP contribution in [0.1, 0.15) is 50.2 Å². The standard InChI is InChI=1S/C34H33NO4/c1-24-11-13-26(14-12-24)27-15-18-29(19-16-27)32(36)23-30(34(38)39)20-17-28-9-5-6-10-31(28)33(37)35-22-21-25-7-3-2-4-8-25/h2-16,18-19,30H,17,20-23H2,1H3,(H,35,37)(H,38,39). The lowest BCUT2D eigenvalue weighted by molar-refractivity contribution is -0.141. The first-order valence-electron chi connectivity index (χ1n) is 13.2. The largest absolute Gasteiger partial charge is 0.481 e. The summed E-state index contributed by atoms with van der Waals surface area (Å²) < 4.78 is 0. The summed E-state index contributed by atoms with van der Waals surface area (Å²) in [5.74, 6) is -2.24. The number of carboxylic acids is 1. The van der Waals surface area contributed by atoms with Crippen molar-refractivity contribution in [2.45, 2.75) is 32.6 Å². The Kier molecular flexibility index (Phi) is 9.41. The van der Waals surface area contributed by atoms with Crippen molar-refractivity contribution in [3.05, 3.63) is 131 Å². The smallest absolute Gasteiger partial charge is 0.306 e. The first-order chi connectivity index (χ1) is 18.9. The van der Waals surface area contributed by atoms with E-state index in [0.29, 0.717) is 24.1 Å². The van der Waals surface area contributed by atoms with E-state index in [0.717, 1.165) is 28.7 Å². The molecule has 1 unspecified atom stereocenters. The van der Waals surface area contributed by atoms with Crippen molar-refractivity contribution in [3.8, 4) is 11.1 Å². The van der Waals surface area contributed by atoms with E-state index in [1.165, 1.54) is 5.56 Å². The zero-order valence-electron chi connectivity index (χ0n) is 22.1. The number of hydrogen-bond acceptors (Lipinski definition) is 3. The van der Waals surface area contributed by atoms with E-state index >= 15 is 0 Å². The number of aryl methyl sites for hydroxylation is 2. The van der Waals surface area contributed by atoms with Gasteiger partial charge in [-0.25, -0.2) is 0 Å². The maximum absolute atomic E-state index is 12.9. The molecule has 0 saturated carbocycles. The third-order valence-corrected chi connectivity index (χ3v) is 6.94. The van der Waals surface area contributed by atoms with Gasteiger partial charge in [0.05, 0.1) is 5.92 Å². The molecule has 4 aromatic rings. The van der Waals surface area contributed by atoms with Crippen LogP contribution in [0.2, 0.25) is 0 Å². The Labute approximate surface area is 229 Å². The molecule has 0 radical (unpaired) electrons. The Morgan fingerprint density at radius 3 is 2.03 bits per heavy atom. The van der Waals surface area contributed by atoms with Crippen molar-refractivity contribution in [2.75, 3.05) is 6.54 Å². The first kappa shape index (κ1) is 27.5. The highest BCUT2D eigenvalue weighted by atomic mass is 16.4. The van der Waals surface area contributed by atoms with Crippen molar-refractivity contribution in [1.82, 2.24) is 5.32 Å². The molecule has 0 aliphatic carbocycles. The summed E-state index contributed by atoms with van der Waals surface area (Å²) in [5, 5.41) is 12.8. The van der Waals surface area contributed by atoms with Crippen molar-refractivity contribution in [1.29, 1.82) is 0 Å². The Bertz CT molecular complexity index is 1410. The maximum atomic E-state index is 12.9. The van der Waals surface area contributed by atoms with Crippen molar-refractivity contribution >= 4 is 17.7 Å². The minimum atomic E-state index is -1.01. The third kappa shape index (κ3) is 7.74. The Hall–Kier alpha value is -4.51. The van der Waals surface area contributed by atoms with Crippen LogP contribution >= 0.6 is 0 Å². The number of hydrogen-bond donors (Lipinski definition) is 2. The van der Waals surface area contributed by atoms with E-state index < -0.39 is 11.9 Å². The van der Waals surface area contributed by atoms with Crippen LogP contribution in [0.3, 0.4) is 0 Å². The lowest BCUT2D eigenvalue weighted by Crippen LogP contribution is -2.27. The SMILES string of the molecule is Cc1ccc(-c2ccc(C(=O)CC(CCc3ccccc3C(=O)NCCc3ccccc3)C(=O)O)cc2)cc1. The quantitative estimate of drug-likeness (QED) is 0.208. The van der Waals surface area contributed by atoms with Crippen LogP contribution in [-0.2, 0) is 17.6 Å². The van der Waals surface area contributed by atoms with Crippen LogP contribution in [0.4, 0.5) is 0 Å². The molecule has 0 saturated heterocycles. The molecular formula is C34H33NO4. The predicted octanol–water partition coefficient (Wildman–Crippen LogP) is 6.54. The van der Waals surface area contributed by atoms with E-state index in [4.69, 9.17) is 0 Å². The molecule has 2 N–H and O–H groups in total. The lowest BCUT2D eigenvalue weighted by atomic mass is 9.90.